The van der Waals surface area contributed by atoms with Crippen molar-refractivity contribution in [2.24, 2.45) is 0 Å². The number of rotatable bonds is 4. The fraction of sp³-hybridized carbons (Fsp3) is 0.308. The van der Waals surface area contributed by atoms with Crippen molar-refractivity contribution < 1.29 is 5.11 Å². The van der Waals surface area contributed by atoms with Crippen LogP contribution in [0.5, 0.6) is 0 Å². The number of nitriles is 1. The monoisotopic (exact) mass is 290 g/mol. The molecular weight excluding hydrogens is 276 g/mol. The van der Waals surface area contributed by atoms with E-state index in [4.69, 9.17) is 5.26 Å². The summed E-state index contributed by atoms with van der Waals surface area (Å²) < 4.78 is 1.50. The lowest BCUT2D eigenvalue weighted by molar-refractivity contribution is 0.196. The van der Waals surface area contributed by atoms with Crippen molar-refractivity contribution in [2.45, 2.75) is 36.5 Å². The number of hydrogen-bond donors (Lipinski definition) is 2. The summed E-state index contributed by atoms with van der Waals surface area (Å²) in [6.45, 7) is 4.00. The lowest BCUT2D eigenvalue weighted by atomic mass is 10.1. The third-order valence-corrected chi connectivity index (χ3v) is 3.90. The fourth-order valence-corrected chi connectivity index (χ4v) is 2.95. The lowest BCUT2D eigenvalue weighted by Gasteiger charge is -2.11. The quantitative estimate of drug-likeness (QED) is 0.893. The molecule has 0 radical (unpaired) electrons. The second-order valence-electron chi connectivity index (χ2n) is 4.20. The van der Waals surface area contributed by atoms with E-state index in [-0.39, 0.29) is 5.69 Å². The Bertz CT molecular complexity index is 712. The van der Waals surface area contributed by atoms with Crippen LogP contribution in [-0.4, -0.2) is 19.9 Å². The summed E-state index contributed by atoms with van der Waals surface area (Å²) in [6.07, 6.45) is -0.661. The van der Waals surface area contributed by atoms with Gasteiger partial charge in [0, 0.05) is 11.4 Å². The maximum atomic E-state index is 11.5. The number of aliphatic hydroxyl groups excluding tert-OH is 1. The van der Waals surface area contributed by atoms with Gasteiger partial charge in [-0.3, -0.25) is 4.57 Å². The normalized spacial score (nSPS) is 12.1. The lowest BCUT2D eigenvalue weighted by Crippen LogP contribution is -2.16. The molecule has 2 N–H and O–H groups in total. The highest BCUT2D eigenvalue weighted by Gasteiger charge is 2.14. The molecule has 0 aliphatic carbocycles. The van der Waals surface area contributed by atoms with Gasteiger partial charge in [-0.25, -0.2) is 9.89 Å². The summed E-state index contributed by atoms with van der Waals surface area (Å²) in [5.74, 6) is 0. The van der Waals surface area contributed by atoms with E-state index in [1.54, 1.807) is 25.1 Å². The van der Waals surface area contributed by atoms with E-state index < -0.39 is 6.10 Å². The third kappa shape index (κ3) is 2.76. The smallest absolute Gasteiger partial charge is 0.343 e. The zero-order valence-corrected chi connectivity index (χ0v) is 11.9. The van der Waals surface area contributed by atoms with Crippen molar-refractivity contribution in [2.75, 3.05) is 0 Å². The van der Waals surface area contributed by atoms with Gasteiger partial charge in [-0.15, -0.1) is 5.10 Å². The number of benzene rings is 1. The molecule has 0 amide bonds. The van der Waals surface area contributed by atoms with Crippen LogP contribution < -0.4 is 5.69 Å². The molecule has 0 aliphatic heterocycles. The van der Waals surface area contributed by atoms with Crippen LogP contribution in [0.15, 0.2) is 33.0 Å². The van der Waals surface area contributed by atoms with Crippen LogP contribution in [0.25, 0.3) is 0 Å². The topological polar surface area (TPSA) is 94.7 Å². The molecular formula is C13H14N4O2S. The Morgan fingerprint density at radius 2 is 2.35 bits per heavy atom. The van der Waals surface area contributed by atoms with E-state index in [1.165, 1.54) is 16.3 Å². The van der Waals surface area contributed by atoms with Crippen molar-refractivity contribution in [3.05, 3.63) is 39.8 Å². The van der Waals surface area contributed by atoms with Gasteiger partial charge >= 0.3 is 5.69 Å². The Hall–Kier alpha value is -2.04. The van der Waals surface area contributed by atoms with E-state index >= 15 is 0 Å². The number of H-pyrrole nitrogens is 1. The predicted molar refractivity (Wildman–Crippen MR) is 74.4 cm³/mol. The summed E-state index contributed by atoms with van der Waals surface area (Å²) in [4.78, 5) is 12.2. The molecule has 7 heteroatoms. The predicted octanol–water partition coefficient (Wildman–Crippen LogP) is 1.67. The molecule has 0 aliphatic rings. The van der Waals surface area contributed by atoms with Gasteiger partial charge in [0.05, 0.1) is 17.7 Å². The molecule has 2 rings (SSSR count). The van der Waals surface area contributed by atoms with Gasteiger partial charge in [-0.1, -0.05) is 6.07 Å². The molecule has 0 spiro atoms. The van der Waals surface area contributed by atoms with Crippen molar-refractivity contribution >= 4 is 11.8 Å². The molecule has 0 bridgehead atoms. The Morgan fingerprint density at radius 1 is 1.60 bits per heavy atom. The Morgan fingerprint density at radius 3 is 2.95 bits per heavy atom. The van der Waals surface area contributed by atoms with Crippen LogP contribution in [0.3, 0.4) is 0 Å². The molecule has 1 atom stereocenters. The molecule has 0 saturated heterocycles. The third-order valence-electron chi connectivity index (χ3n) is 2.83. The van der Waals surface area contributed by atoms with E-state index in [2.05, 4.69) is 16.3 Å². The average Bonchev–Trinajstić information content (AvgIpc) is 2.78. The van der Waals surface area contributed by atoms with Crippen LogP contribution >= 0.6 is 11.8 Å². The van der Waals surface area contributed by atoms with Gasteiger partial charge in [-0.2, -0.15) is 5.26 Å². The van der Waals surface area contributed by atoms with Gasteiger partial charge in [0.2, 0.25) is 0 Å². The van der Waals surface area contributed by atoms with Gasteiger partial charge < -0.3 is 5.11 Å². The largest absolute Gasteiger partial charge is 0.389 e. The maximum absolute atomic E-state index is 11.5. The van der Waals surface area contributed by atoms with Crippen LogP contribution in [0, 0.1) is 11.3 Å². The van der Waals surface area contributed by atoms with E-state index in [9.17, 15) is 9.90 Å². The zero-order valence-electron chi connectivity index (χ0n) is 11.1. The second-order valence-corrected chi connectivity index (χ2v) is 5.21. The summed E-state index contributed by atoms with van der Waals surface area (Å²) in [6, 6.07) is 7.12. The summed E-state index contributed by atoms with van der Waals surface area (Å²) in [5.41, 5.74) is 0.926. The number of hydrogen-bond acceptors (Lipinski definition) is 5. The molecule has 1 aromatic heterocycles. The molecule has 0 fully saturated rings. The van der Waals surface area contributed by atoms with E-state index in [0.717, 1.165) is 0 Å². The van der Waals surface area contributed by atoms with Crippen molar-refractivity contribution in [3.63, 3.8) is 0 Å². The van der Waals surface area contributed by atoms with E-state index in [0.29, 0.717) is 27.7 Å². The van der Waals surface area contributed by atoms with Crippen LogP contribution in [-0.2, 0) is 6.54 Å². The first-order chi connectivity index (χ1) is 9.56. The molecule has 0 unspecified atom stereocenters. The van der Waals surface area contributed by atoms with Crippen molar-refractivity contribution in [3.8, 4) is 6.07 Å². The minimum absolute atomic E-state index is 0.273. The highest BCUT2D eigenvalue weighted by Crippen LogP contribution is 2.32. The number of nitrogens with one attached hydrogen (secondary N) is 1. The number of aromatic nitrogens is 3. The van der Waals surface area contributed by atoms with Gasteiger partial charge in [0.1, 0.15) is 0 Å². The highest BCUT2D eigenvalue weighted by atomic mass is 32.2. The standard InChI is InChI=1S/C13H14N4O2S/c1-3-17-12(19)15-16-13(17)20-11-6-9(7-14)4-5-10(11)8(2)18/h4-6,8,18H,3H2,1-2H3,(H,15,19)/t8-/m1/s1. The van der Waals surface area contributed by atoms with Crippen molar-refractivity contribution in [1.82, 2.24) is 14.8 Å². The highest BCUT2D eigenvalue weighted by molar-refractivity contribution is 7.99. The first-order valence-electron chi connectivity index (χ1n) is 6.12. The SMILES string of the molecule is CCn1c(Sc2cc(C#N)ccc2[C@@H](C)O)n[nH]c1=O. The molecule has 104 valence electrons. The first kappa shape index (κ1) is 14.4. The minimum Gasteiger partial charge on any atom is -0.389 e. The average molecular weight is 290 g/mol. The van der Waals surface area contributed by atoms with Crippen LogP contribution in [0.2, 0.25) is 0 Å². The van der Waals surface area contributed by atoms with Crippen LogP contribution in [0.4, 0.5) is 0 Å². The molecule has 6 nitrogen and oxygen atoms in total. The Balaban J connectivity index is 2.46. The van der Waals surface area contributed by atoms with Gasteiger partial charge in [0.15, 0.2) is 5.16 Å². The van der Waals surface area contributed by atoms with Crippen LogP contribution in [0.1, 0.15) is 31.1 Å². The molecule has 2 aromatic rings. The first-order valence-corrected chi connectivity index (χ1v) is 6.93. The number of aromatic amines is 1. The fourth-order valence-electron chi connectivity index (χ4n) is 1.80. The summed E-state index contributed by atoms with van der Waals surface area (Å²) in [5, 5.41) is 25.6. The number of nitrogens with zero attached hydrogens (tertiary/aromatic N) is 3. The molecule has 1 aromatic carbocycles. The van der Waals surface area contributed by atoms with Gasteiger partial charge in [0.25, 0.3) is 0 Å². The molecule has 20 heavy (non-hydrogen) atoms. The van der Waals surface area contributed by atoms with E-state index in [1.807, 2.05) is 6.92 Å². The second kappa shape index (κ2) is 5.94. The Labute approximate surface area is 120 Å². The van der Waals surface area contributed by atoms with Gasteiger partial charge in [-0.05, 0) is 43.3 Å². The Kier molecular flexibility index (Phi) is 4.27. The summed E-state index contributed by atoms with van der Waals surface area (Å²) in [7, 11) is 0. The maximum Gasteiger partial charge on any atom is 0.343 e. The number of aliphatic hydroxyl groups is 1. The summed E-state index contributed by atoms with van der Waals surface area (Å²) >= 11 is 1.25. The zero-order chi connectivity index (χ0) is 14.7. The molecule has 0 saturated carbocycles. The minimum atomic E-state index is -0.661. The molecule has 1 heterocycles. The van der Waals surface area contributed by atoms with Crippen molar-refractivity contribution in [1.29, 1.82) is 5.26 Å².